The number of imidazole rings is 2. The Morgan fingerprint density at radius 1 is 1.11 bits per heavy atom. The summed E-state index contributed by atoms with van der Waals surface area (Å²) in [6.07, 6.45) is 6.57. The molecule has 0 bridgehead atoms. The number of hydrogen-bond acceptors (Lipinski definition) is 3. The largest absolute Gasteiger partial charge is 0.321 e. The van der Waals surface area contributed by atoms with E-state index in [-0.39, 0.29) is 6.54 Å². The minimum absolute atomic E-state index is 0.113. The van der Waals surface area contributed by atoms with Crippen molar-refractivity contribution in [2.24, 2.45) is 0 Å². The van der Waals surface area contributed by atoms with Gasteiger partial charge in [0.2, 0.25) is 0 Å². The van der Waals surface area contributed by atoms with Gasteiger partial charge in [0, 0.05) is 24.0 Å². The Hall–Kier alpha value is -2.32. The van der Waals surface area contributed by atoms with Crippen LogP contribution in [0.2, 0.25) is 5.15 Å². The standard InChI is InChI=1S/C18H13BrClF2N5/c19-13-4-16-15(5-14(13)22)25-18(27(16)2-1-21)12-3-11(6-23-7-12)9-26-10-24-8-17(26)20/h3-8,10H,1-2,9H2. The van der Waals surface area contributed by atoms with Gasteiger partial charge in [-0.3, -0.25) is 4.98 Å². The van der Waals surface area contributed by atoms with E-state index in [1.807, 2.05) is 6.07 Å². The summed E-state index contributed by atoms with van der Waals surface area (Å²) in [7, 11) is 0. The van der Waals surface area contributed by atoms with E-state index in [1.54, 1.807) is 40.1 Å². The van der Waals surface area contributed by atoms with Crippen LogP contribution >= 0.6 is 27.5 Å². The van der Waals surface area contributed by atoms with Crippen molar-refractivity contribution in [1.29, 1.82) is 0 Å². The van der Waals surface area contributed by atoms with Crippen LogP contribution < -0.4 is 0 Å². The third-order valence-corrected chi connectivity index (χ3v) is 5.09. The van der Waals surface area contributed by atoms with Gasteiger partial charge in [-0.15, -0.1) is 0 Å². The first-order valence-corrected chi connectivity index (χ1v) is 9.25. The summed E-state index contributed by atoms with van der Waals surface area (Å²) >= 11 is 9.25. The van der Waals surface area contributed by atoms with Gasteiger partial charge in [0.1, 0.15) is 23.5 Å². The van der Waals surface area contributed by atoms with E-state index in [9.17, 15) is 8.78 Å². The Labute approximate surface area is 166 Å². The fourth-order valence-corrected chi connectivity index (χ4v) is 3.46. The Morgan fingerprint density at radius 3 is 2.70 bits per heavy atom. The predicted molar refractivity (Wildman–Crippen MR) is 103 cm³/mol. The fraction of sp³-hybridized carbons (Fsp3) is 0.167. The Kier molecular flexibility index (Phi) is 4.92. The molecule has 0 spiro atoms. The van der Waals surface area contributed by atoms with Crippen molar-refractivity contribution in [2.45, 2.75) is 13.1 Å². The number of pyridine rings is 1. The molecule has 0 amide bonds. The SMILES string of the molecule is FCCn1c(-c2cncc(Cn3cncc3Cl)c2)nc2cc(F)c(Br)cc21. The van der Waals surface area contributed by atoms with E-state index in [0.717, 1.165) is 5.56 Å². The minimum Gasteiger partial charge on any atom is -0.321 e. The molecule has 0 N–H and O–H groups in total. The molecule has 138 valence electrons. The van der Waals surface area contributed by atoms with E-state index in [1.165, 1.54) is 6.07 Å². The number of aromatic nitrogens is 5. The number of rotatable bonds is 5. The van der Waals surface area contributed by atoms with Gasteiger partial charge in [-0.2, -0.15) is 0 Å². The number of benzene rings is 1. The first kappa shape index (κ1) is 18.1. The zero-order valence-electron chi connectivity index (χ0n) is 13.9. The van der Waals surface area contributed by atoms with Crippen molar-refractivity contribution < 1.29 is 8.78 Å². The monoisotopic (exact) mass is 451 g/mol. The van der Waals surface area contributed by atoms with Crippen molar-refractivity contribution >= 4 is 38.6 Å². The van der Waals surface area contributed by atoms with Crippen LogP contribution in [0.25, 0.3) is 22.4 Å². The fourth-order valence-electron chi connectivity index (χ4n) is 2.97. The average Bonchev–Trinajstić information content (AvgIpc) is 3.20. The molecule has 0 radical (unpaired) electrons. The summed E-state index contributed by atoms with van der Waals surface area (Å²) in [6.45, 7) is 0.0376. The van der Waals surface area contributed by atoms with Crippen molar-refractivity contribution in [3.8, 4) is 11.4 Å². The second kappa shape index (κ2) is 7.36. The molecule has 0 aliphatic rings. The first-order chi connectivity index (χ1) is 13.1. The van der Waals surface area contributed by atoms with Gasteiger partial charge in [0.15, 0.2) is 0 Å². The minimum atomic E-state index is -0.564. The van der Waals surface area contributed by atoms with Crippen LogP contribution in [0.15, 0.2) is 47.6 Å². The highest BCUT2D eigenvalue weighted by Gasteiger charge is 2.16. The van der Waals surface area contributed by atoms with E-state index < -0.39 is 12.5 Å². The number of hydrogen-bond donors (Lipinski definition) is 0. The average molecular weight is 453 g/mol. The van der Waals surface area contributed by atoms with Gasteiger partial charge in [-0.05, 0) is 33.6 Å². The molecule has 0 saturated carbocycles. The van der Waals surface area contributed by atoms with Crippen LogP contribution in [0, 0.1) is 5.82 Å². The van der Waals surface area contributed by atoms with Gasteiger partial charge in [0.05, 0.1) is 41.1 Å². The van der Waals surface area contributed by atoms with Gasteiger partial charge in [-0.1, -0.05) is 11.6 Å². The number of aryl methyl sites for hydroxylation is 1. The molecule has 27 heavy (non-hydrogen) atoms. The number of nitrogens with zero attached hydrogens (tertiary/aromatic N) is 5. The zero-order chi connectivity index (χ0) is 19.0. The van der Waals surface area contributed by atoms with Crippen LogP contribution in [0.1, 0.15) is 5.56 Å². The van der Waals surface area contributed by atoms with Crippen molar-refractivity contribution in [2.75, 3.05) is 6.67 Å². The highest BCUT2D eigenvalue weighted by atomic mass is 79.9. The molecule has 3 aromatic heterocycles. The predicted octanol–water partition coefficient (Wildman–Crippen LogP) is 4.87. The smallest absolute Gasteiger partial charge is 0.142 e. The molecule has 0 atom stereocenters. The quantitative estimate of drug-likeness (QED) is 0.434. The maximum absolute atomic E-state index is 13.9. The number of halogens is 4. The summed E-state index contributed by atoms with van der Waals surface area (Å²) in [5.74, 6) is 0.117. The molecule has 0 saturated heterocycles. The Morgan fingerprint density at radius 2 is 1.96 bits per heavy atom. The second-order valence-corrected chi connectivity index (χ2v) is 7.20. The third-order valence-electron chi connectivity index (χ3n) is 4.17. The molecule has 3 heterocycles. The van der Waals surface area contributed by atoms with Gasteiger partial charge in [0.25, 0.3) is 0 Å². The third kappa shape index (κ3) is 3.46. The molecule has 4 rings (SSSR count). The van der Waals surface area contributed by atoms with Crippen molar-refractivity contribution in [3.05, 3.63) is 64.1 Å². The lowest BCUT2D eigenvalue weighted by atomic mass is 10.2. The number of fused-ring (bicyclic) bond motifs is 1. The molecular formula is C18H13BrClF2N5. The summed E-state index contributed by atoms with van der Waals surface area (Å²) in [4.78, 5) is 12.8. The molecule has 0 fully saturated rings. The van der Waals surface area contributed by atoms with Gasteiger partial charge < -0.3 is 9.13 Å². The zero-order valence-corrected chi connectivity index (χ0v) is 16.3. The van der Waals surface area contributed by atoms with Crippen LogP contribution in [-0.2, 0) is 13.1 Å². The first-order valence-electron chi connectivity index (χ1n) is 8.08. The Balaban J connectivity index is 1.80. The normalized spacial score (nSPS) is 11.4. The molecule has 0 aliphatic carbocycles. The number of alkyl halides is 1. The molecule has 1 aromatic carbocycles. The van der Waals surface area contributed by atoms with Crippen molar-refractivity contribution in [3.63, 3.8) is 0 Å². The van der Waals surface area contributed by atoms with Gasteiger partial charge in [-0.25, -0.2) is 18.7 Å². The van der Waals surface area contributed by atoms with Crippen LogP contribution in [0.5, 0.6) is 0 Å². The molecule has 5 nitrogen and oxygen atoms in total. The molecular weight excluding hydrogens is 440 g/mol. The van der Waals surface area contributed by atoms with E-state index >= 15 is 0 Å². The van der Waals surface area contributed by atoms with E-state index in [2.05, 4.69) is 30.9 Å². The lowest BCUT2D eigenvalue weighted by Crippen LogP contribution is -2.04. The topological polar surface area (TPSA) is 48.5 Å². The maximum Gasteiger partial charge on any atom is 0.142 e. The van der Waals surface area contributed by atoms with E-state index in [4.69, 9.17) is 11.6 Å². The van der Waals surface area contributed by atoms with Gasteiger partial charge >= 0.3 is 0 Å². The highest BCUT2D eigenvalue weighted by molar-refractivity contribution is 9.10. The molecule has 4 aromatic rings. The maximum atomic E-state index is 13.9. The molecule has 0 unspecified atom stereocenters. The summed E-state index contributed by atoms with van der Waals surface area (Å²) in [5.41, 5.74) is 2.71. The lowest BCUT2D eigenvalue weighted by molar-refractivity contribution is 0.451. The van der Waals surface area contributed by atoms with Crippen LogP contribution in [0.4, 0.5) is 8.78 Å². The summed E-state index contributed by atoms with van der Waals surface area (Å²) < 4.78 is 30.9. The summed E-state index contributed by atoms with van der Waals surface area (Å²) in [6, 6.07) is 4.85. The van der Waals surface area contributed by atoms with E-state index in [0.29, 0.717) is 38.6 Å². The second-order valence-electron chi connectivity index (χ2n) is 5.96. The Bertz CT molecular complexity index is 1120. The molecule has 9 heteroatoms. The van der Waals surface area contributed by atoms with Crippen LogP contribution in [0.3, 0.4) is 0 Å². The summed E-state index contributed by atoms with van der Waals surface area (Å²) in [5, 5.41) is 0.519. The highest BCUT2D eigenvalue weighted by Crippen LogP contribution is 2.29. The lowest BCUT2D eigenvalue weighted by Gasteiger charge is -2.09. The van der Waals surface area contributed by atoms with Crippen LogP contribution in [-0.4, -0.2) is 30.8 Å². The van der Waals surface area contributed by atoms with Crippen molar-refractivity contribution in [1.82, 2.24) is 24.1 Å². The molecule has 0 aliphatic heterocycles.